The van der Waals surface area contributed by atoms with Crippen LogP contribution in [0.4, 0.5) is 0 Å². The molecule has 2 aliphatic rings. The third-order valence-electron chi connectivity index (χ3n) is 4.75. The maximum Gasteiger partial charge on any atom is 0.309 e. The first kappa shape index (κ1) is 45.3. The second-order valence-corrected chi connectivity index (χ2v) is 10.2. The van der Waals surface area contributed by atoms with E-state index in [9.17, 15) is 28.8 Å². The fraction of sp³-hybridized carbons (Fsp3) is 0.714. The number of hydrogen-bond acceptors (Lipinski definition) is 12. The number of carboxylic acid groups (broad SMARTS) is 2. The van der Waals surface area contributed by atoms with Crippen LogP contribution in [0, 0.1) is 23.7 Å². The van der Waals surface area contributed by atoms with Crippen molar-refractivity contribution in [1.82, 2.24) is 10.6 Å². The minimum absolute atomic E-state index is 0. The summed E-state index contributed by atoms with van der Waals surface area (Å²) in [4.78, 5) is 72.6. The van der Waals surface area contributed by atoms with Gasteiger partial charge in [-0.15, -0.1) is 0 Å². The summed E-state index contributed by atoms with van der Waals surface area (Å²) in [6, 6.07) is 0. The van der Waals surface area contributed by atoms with Gasteiger partial charge in [0.25, 0.3) is 11.8 Å². The molecule has 0 aromatic carbocycles. The Balaban J connectivity index is -0.000000623. The van der Waals surface area contributed by atoms with Gasteiger partial charge in [0.1, 0.15) is 26.4 Å². The summed E-state index contributed by atoms with van der Waals surface area (Å²) in [6.45, 7) is 16.2. The molecule has 0 aliphatic carbocycles. The lowest BCUT2D eigenvalue weighted by molar-refractivity contribution is -0.148. The maximum absolute atomic E-state index is 11.4. The van der Waals surface area contributed by atoms with Gasteiger partial charge in [-0.1, -0.05) is 55.4 Å². The standard InChI is InChI=1S/C14H24N2O6.C6H8N2O2.2C4H8O2.B/c1-9(2)13(19)21-7-5-15-11(17)12(18)16-6-8-22-14(20)10(3)4;1-3-9-5(7-1)6-8-2-4-10-6;2*1-3(2)4(5)6;/h9-10H,5-8H2,1-4H3,(H,15,17)(H,16,18);1-4H2;2*3H,1-2H3,(H,5,6);. The average Bonchev–Trinajstić information content (AvgIpc) is 3.68. The molecule has 0 aromatic heterocycles. The van der Waals surface area contributed by atoms with E-state index in [1.807, 2.05) is 0 Å². The van der Waals surface area contributed by atoms with Crippen LogP contribution in [0.2, 0.25) is 0 Å². The van der Waals surface area contributed by atoms with Crippen molar-refractivity contribution in [3.05, 3.63) is 0 Å². The number of aliphatic imine (C=N–C) groups is 2. The molecule has 255 valence electrons. The van der Waals surface area contributed by atoms with Crippen LogP contribution in [-0.4, -0.2) is 119 Å². The van der Waals surface area contributed by atoms with Crippen LogP contribution in [0.15, 0.2) is 9.98 Å². The molecule has 4 N–H and O–H groups in total. The molecule has 0 spiro atoms. The Bertz CT molecular complexity index is 920. The van der Waals surface area contributed by atoms with Crippen molar-refractivity contribution in [2.75, 3.05) is 52.6 Å². The van der Waals surface area contributed by atoms with Crippen molar-refractivity contribution >= 4 is 55.9 Å². The molecule has 2 heterocycles. The summed E-state index contributed by atoms with van der Waals surface area (Å²) in [7, 11) is 0. The van der Waals surface area contributed by atoms with E-state index in [0.717, 1.165) is 13.1 Å². The Labute approximate surface area is 266 Å². The monoisotopic (exact) mass is 643 g/mol. The summed E-state index contributed by atoms with van der Waals surface area (Å²) in [5.74, 6) is -3.68. The van der Waals surface area contributed by atoms with E-state index in [-0.39, 0.29) is 70.3 Å². The van der Waals surface area contributed by atoms with E-state index in [1.54, 1.807) is 55.4 Å². The van der Waals surface area contributed by atoms with E-state index in [2.05, 4.69) is 20.6 Å². The van der Waals surface area contributed by atoms with Crippen molar-refractivity contribution in [1.29, 1.82) is 0 Å². The van der Waals surface area contributed by atoms with Gasteiger partial charge >= 0.3 is 35.7 Å². The molecule has 0 aromatic rings. The van der Waals surface area contributed by atoms with Crippen molar-refractivity contribution < 1.29 is 57.9 Å². The van der Waals surface area contributed by atoms with Gasteiger partial charge < -0.3 is 39.8 Å². The summed E-state index contributed by atoms with van der Waals surface area (Å²) in [5, 5.41) is 20.6. The molecule has 17 heteroatoms. The third-order valence-corrected chi connectivity index (χ3v) is 4.75. The maximum atomic E-state index is 11.4. The quantitative estimate of drug-likeness (QED) is 0.105. The van der Waals surface area contributed by atoms with E-state index in [4.69, 9.17) is 29.2 Å². The highest BCUT2D eigenvalue weighted by Crippen LogP contribution is 2.02. The molecular formula is C28H48BN4O12. The lowest BCUT2D eigenvalue weighted by atomic mass is 10.2. The van der Waals surface area contributed by atoms with Gasteiger partial charge in [-0.2, -0.15) is 0 Å². The van der Waals surface area contributed by atoms with E-state index in [1.165, 1.54) is 0 Å². The molecule has 16 nitrogen and oxygen atoms in total. The van der Waals surface area contributed by atoms with Gasteiger partial charge in [-0.05, 0) is 0 Å². The van der Waals surface area contributed by atoms with Gasteiger partial charge in [0.15, 0.2) is 0 Å². The van der Waals surface area contributed by atoms with E-state index in [0.29, 0.717) is 25.0 Å². The number of carbonyl (C=O) groups is 6. The number of amides is 2. The molecule has 0 saturated heterocycles. The summed E-state index contributed by atoms with van der Waals surface area (Å²) in [5.41, 5.74) is 0. The minimum Gasteiger partial charge on any atom is -0.481 e. The van der Waals surface area contributed by atoms with Crippen molar-refractivity contribution in [2.24, 2.45) is 33.7 Å². The van der Waals surface area contributed by atoms with Crippen LogP contribution >= 0.6 is 0 Å². The highest BCUT2D eigenvalue weighted by Gasteiger charge is 2.19. The zero-order chi connectivity index (χ0) is 34.2. The smallest absolute Gasteiger partial charge is 0.309 e. The zero-order valence-electron chi connectivity index (χ0n) is 27.4. The molecule has 2 rings (SSSR count). The Morgan fingerprint density at radius 2 is 0.933 bits per heavy atom. The largest absolute Gasteiger partial charge is 0.481 e. The molecule has 0 unspecified atom stereocenters. The zero-order valence-corrected chi connectivity index (χ0v) is 27.4. The van der Waals surface area contributed by atoms with Crippen LogP contribution < -0.4 is 10.6 Å². The molecule has 3 radical (unpaired) electrons. The molecule has 2 aliphatic heterocycles. The van der Waals surface area contributed by atoms with Gasteiger partial charge in [-0.25, -0.2) is 9.98 Å². The molecule has 45 heavy (non-hydrogen) atoms. The van der Waals surface area contributed by atoms with Gasteiger partial charge in [-0.3, -0.25) is 28.8 Å². The summed E-state index contributed by atoms with van der Waals surface area (Å²) in [6.07, 6.45) is 0. The van der Waals surface area contributed by atoms with Crippen molar-refractivity contribution in [3.63, 3.8) is 0 Å². The number of aliphatic carboxylic acids is 2. The molecule has 2 amide bonds. The SMILES string of the molecule is C1COC(C2=NCCO2)=N1.CC(C)C(=O)O.CC(C)C(=O)O.CC(C)C(=O)OCCNC(=O)C(=O)NCCOC(=O)C(C)C.[B]. The van der Waals surface area contributed by atoms with E-state index >= 15 is 0 Å². The normalized spacial score (nSPS) is 12.6. The van der Waals surface area contributed by atoms with Crippen LogP contribution in [-0.2, 0) is 47.7 Å². The number of nitrogens with zero attached hydrogens (tertiary/aromatic N) is 2. The Morgan fingerprint density at radius 1 is 0.644 bits per heavy atom. The fourth-order valence-corrected chi connectivity index (χ4v) is 2.06. The predicted molar refractivity (Wildman–Crippen MR) is 165 cm³/mol. The van der Waals surface area contributed by atoms with Crippen LogP contribution in [0.1, 0.15) is 55.4 Å². The average molecular weight is 644 g/mol. The van der Waals surface area contributed by atoms with Gasteiger partial charge in [0.2, 0.25) is 0 Å². The molecule has 0 bridgehead atoms. The highest BCUT2D eigenvalue weighted by molar-refractivity contribution is 6.36. The van der Waals surface area contributed by atoms with E-state index < -0.39 is 23.8 Å². The van der Waals surface area contributed by atoms with Crippen molar-refractivity contribution in [2.45, 2.75) is 55.4 Å². The highest BCUT2D eigenvalue weighted by atomic mass is 16.5. The number of esters is 2. The predicted octanol–water partition coefficient (Wildman–Crippen LogP) is 0.534. The lowest BCUT2D eigenvalue weighted by Gasteiger charge is -2.09. The first-order valence-electron chi connectivity index (χ1n) is 14.2. The first-order chi connectivity index (χ1) is 20.5. The second-order valence-electron chi connectivity index (χ2n) is 10.2. The number of nitrogens with one attached hydrogen (secondary N) is 2. The Morgan fingerprint density at radius 3 is 1.13 bits per heavy atom. The molecule has 0 saturated carbocycles. The van der Waals surface area contributed by atoms with Crippen LogP contribution in [0.25, 0.3) is 0 Å². The Kier molecular flexibility index (Phi) is 26.4. The van der Waals surface area contributed by atoms with Crippen molar-refractivity contribution in [3.8, 4) is 0 Å². The fourth-order valence-electron chi connectivity index (χ4n) is 2.06. The first-order valence-corrected chi connectivity index (χ1v) is 14.2. The number of rotatable bonds is 11. The molecular weight excluding hydrogens is 595 g/mol. The lowest BCUT2D eigenvalue weighted by Crippen LogP contribution is -2.42. The van der Waals surface area contributed by atoms with Gasteiger partial charge in [0, 0.05) is 8.41 Å². The summed E-state index contributed by atoms with van der Waals surface area (Å²) >= 11 is 0. The molecule has 0 fully saturated rings. The minimum atomic E-state index is -0.837. The number of ether oxygens (including phenoxy) is 4. The summed E-state index contributed by atoms with van der Waals surface area (Å²) < 4.78 is 19.9. The Hall–Kier alpha value is -4.18. The topological polar surface area (TPSA) is 229 Å². The second kappa shape index (κ2) is 26.2. The molecule has 0 atom stereocenters. The third kappa shape index (κ3) is 24.9. The van der Waals surface area contributed by atoms with Crippen LogP contribution in [0.3, 0.4) is 0 Å². The number of carboxylic acids is 2. The van der Waals surface area contributed by atoms with Crippen LogP contribution in [0.5, 0.6) is 0 Å². The van der Waals surface area contributed by atoms with Gasteiger partial charge in [0.05, 0.1) is 49.9 Å². The number of hydrogen-bond donors (Lipinski definition) is 4. The number of carbonyl (C=O) groups excluding carboxylic acids is 4.